The third-order valence-corrected chi connectivity index (χ3v) is 3.69. The van der Waals surface area contributed by atoms with Crippen molar-refractivity contribution in [2.24, 2.45) is 10.2 Å². The highest BCUT2D eigenvalue weighted by Gasteiger charge is 2.27. The zero-order valence-corrected chi connectivity index (χ0v) is 14.0. The molecular weight excluding hydrogens is 408 g/mol. The Morgan fingerprint density at radius 2 is 1.00 bits per heavy atom. The fraction of sp³-hybridized carbons (Fsp3) is 0.500. The lowest BCUT2D eigenvalue weighted by Gasteiger charge is -2.11. The quantitative estimate of drug-likeness (QED) is 0.176. The highest BCUT2D eigenvalue weighted by molar-refractivity contribution is 7.86. The van der Waals surface area contributed by atoms with E-state index >= 15 is 0 Å². The summed E-state index contributed by atoms with van der Waals surface area (Å²) >= 11 is 0. The summed E-state index contributed by atoms with van der Waals surface area (Å²) < 4.78 is 59.4. The molecule has 0 spiro atoms. The largest absolute Gasteiger partial charge is 0.480 e. The van der Waals surface area contributed by atoms with E-state index in [-0.39, 0.29) is 0 Å². The third kappa shape index (κ3) is 11.0. The first-order valence-electron chi connectivity index (χ1n) is 5.99. The normalized spacial score (nSPS) is 14.4. The van der Waals surface area contributed by atoms with Gasteiger partial charge in [0, 0.05) is 0 Å². The molecule has 0 fully saturated rings. The number of urea groups is 2. The number of carbonyl (C=O) groups is 4. The maximum Gasteiger partial charge on any atom is 0.360 e. The molecule has 26 heavy (non-hydrogen) atoms. The average Bonchev–Trinajstić information content (AvgIpc) is 2.40. The van der Waals surface area contributed by atoms with E-state index in [0.29, 0.717) is 0 Å². The van der Waals surface area contributed by atoms with Crippen molar-refractivity contribution in [3.05, 3.63) is 0 Å². The van der Waals surface area contributed by atoms with Crippen molar-refractivity contribution in [1.82, 2.24) is 10.6 Å². The van der Waals surface area contributed by atoms with Crippen LogP contribution in [-0.4, -0.2) is 83.7 Å². The Morgan fingerprint density at radius 3 is 1.19 bits per heavy atom. The Bertz CT molecular complexity index is 748. The van der Waals surface area contributed by atoms with Crippen molar-refractivity contribution in [1.29, 1.82) is 0 Å². The Morgan fingerprint density at radius 1 is 0.731 bits per heavy atom. The van der Waals surface area contributed by atoms with Gasteiger partial charge in [0.25, 0.3) is 20.2 Å². The van der Waals surface area contributed by atoms with Crippen LogP contribution in [0.3, 0.4) is 0 Å². The monoisotopic (exact) mass is 420 g/mol. The van der Waals surface area contributed by atoms with Gasteiger partial charge in [0.05, 0.1) is 0 Å². The zero-order chi connectivity index (χ0) is 20.7. The topological polar surface area (TPSA) is 266 Å². The van der Waals surface area contributed by atoms with Gasteiger partial charge >= 0.3 is 24.0 Å². The molecule has 0 saturated carbocycles. The van der Waals surface area contributed by atoms with Crippen LogP contribution >= 0.6 is 0 Å². The van der Waals surface area contributed by atoms with E-state index in [1.807, 2.05) is 0 Å². The Balaban J connectivity index is 4.91. The highest BCUT2D eigenvalue weighted by atomic mass is 32.2. The molecule has 0 radical (unpaired) electrons. The molecule has 0 bridgehead atoms. The second kappa shape index (κ2) is 9.12. The number of carboxylic acid groups (broad SMARTS) is 2. The summed E-state index contributed by atoms with van der Waals surface area (Å²) in [5.74, 6) is -6.55. The van der Waals surface area contributed by atoms with E-state index in [0.717, 1.165) is 0 Å². The molecule has 0 saturated heterocycles. The average molecular weight is 420 g/mol. The Kier molecular flexibility index (Phi) is 8.18. The smallest absolute Gasteiger partial charge is 0.360 e. The molecule has 0 aromatic rings. The molecule has 0 unspecified atom stereocenters. The minimum absolute atomic E-state index is 1.41. The number of hydrogen-bond acceptors (Lipinski definition) is 8. The van der Waals surface area contributed by atoms with Crippen LogP contribution in [0.15, 0.2) is 10.2 Å². The van der Waals surface area contributed by atoms with E-state index in [4.69, 9.17) is 19.3 Å². The van der Waals surface area contributed by atoms with Crippen molar-refractivity contribution >= 4 is 44.2 Å². The number of carbonyl (C=O) groups excluding carboxylic acids is 2. The molecule has 4 amide bonds. The van der Waals surface area contributed by atoms with E-state index < -0.39 is 67.8 Å². The first-order chi connectivity index (χ1) is 11.6. The van der Waals surface area contributed by atoms with Gasteiger partial charge in [-0.15, -0.1) is 0 Å². The molecule has 0 aliphatic rings. The third-order valence-electron chi connectivity index (χ3n) is 2.18. The van der Waals surface area contributed by atoms with Crippen LogP contribution in [0.2, 0.25) is 0 Å². The highest BCUT2D eigenvalue weighted by Crippen LogP contribution is 1.95. The molecule has 18 heteroatoms. The second-order valence-corrected chi connectivity index (χ2v) is 7.37. The van der Waals surface area contributed by atoms with Gasteiger partial charge in [0.1, 0.15) is 23.6 Å². The van der Waals surface area contributed by atoms with Gasteiger partial charge in [-0.2, -0.15) is 16.8 Å². The molecule has 0 aliphatic heterocycles. The summed E-state index contributed by atoms with van der Waals surface area (Å²) in [6, 6.07) is -7.55. The van der Waals surface area contributed by atoms with Crippen molar-refractivity contribution in [2.45, 2.75) is 12.1 Å². The maximum atomic E-state index is 11.3. The van der Waals surface area contributed by atoms with Gasteiger partial charge in [-0.1, -0.05) is 10.2 Å². The first kappa shape index (κ1) is 23.3. The van der Waals surface area contributed by atoms with Gasteiger partial charge < -0.3 is 20.8 Å². The summed E-state index contributed by atoms with van der Waals surface area (Å²) in [5, 5.41) is 25.5. The predicted octanol–water partition coefficient (Wildman–Crippen LogP) is -2.46. The van der Waals surface area contributed by atoms with Crippen LogP contribution in [0.4, 0.5) is 9.59 Å². The number of amides is 4. The number of nitrogens with zero attached hydrogens (tertiary/aromatic N) is 2. The van der Waals surface area contributed by atoms with Crippen LogP contribution in [0.5, 0.6) is 0 Å². The van der Waals surface area contributed by atoms with E-state index in [1.54, 1.807) is 0 Å². The molecule has 6 N–H and O–H groups in total. The van der Waals surface area contributed by atoms with Gasteiger partial charge in [-0.05, 0) is 0 Å². The number of azo groups is 1. The lowest BCUT2D eigenvalue weighted by atomic mass is 10.3. The van der Waals surface area contributed by atoms with E-state index in [9.17, 15) is 36.0 Å². The Hall–Kier alpha value is -2.70. The van der Waals surface area contributed by atoms with Crippen LogP contribution < -0.4 is 10.6 Å². The molecule has 0 rings (SSSR count). The fourth-order valence-electron chi connectivity index (χ4n) is 1.22. The van der Waals surface area contributed by atoms with Crippen LogP contribution in [-0.2, 0) is 29.8 Å². The van der Waals surface area contributed by atoms with Gasteiger partial charge in [-0.25, -0.2) is 19.2 Å². The lowest BCUT2D eigenvalue weighted by molar-refractivity contribution is -0.139. The van der Waals surface area contributed by atoms with Gasteiger partial charge in [-0.3, -0.25) is 9.11 Å². The second-order valence-electron chi connectivity index (χ2n) is 4.38. The number of hydrogen-bond donors (Lipinski definition) is 6. The van der Waals surface area contributed by atoms with E-state index in [1.165, 1.54) is 10.6 Å². The lowest BCUT2D eigenvalue weighted by Crippen LogP contribution is -2.45. The van der Waals surface area contributed by atoms with Crippen LogP contribution in [0.25, 0.3) is 0 Å². The molecule has 0 aliphatic carbocycles. The molecule has 0 heterocycles. The Labute approximate surface area is 144 Å². The van der Waals surface area contributed by atoms with Crippen molar-refractivity contribution in [3.63, 3.8) is 0 Å². The number of carboxylic acids is 2. The number of rotatable bonds is 8. The summed E-state index contributed by atoms with van der Waals surface area (Å²) in [5.41, 5.74) is 0. The van der Waals surface area contributed by atoms with Crippen molar-refractivity contribution in [2.75, 3.05) is 11.5 Å². The molecule has 148 valence electrons. The van der Waals surface area contributed by atoms with Gasteiger partial charge in [0.15, 0.2) is 0 Å². The maximum absolute atomic E-state index is 11.3. The van der Waals surface area contributed by atoms with Crippen molar-refractivity contribution in [3.8, 4) is 0 Å². The molecule has 16 nitrogen and oxygen atoms in total. The van der Waals surface area contributed by atoms with Crippen LogP contribution in [0.1, 0.15) is 0 Å². The molecule has 2 atom stereocenters. The first-order valence-corrected chi connectivity index (χ1v) is 9.21. The standard InChI is InChI=1S/C8H12N4O12S2/c13-5(14)3(1-25(19,20)21)9-7(17)11-12-8(18)10-4(6(15)16)2-26(22,23)24/h3-4H,1-2H2,(H,9,17)(H,10,18)(H,13,14)(H,15,16)(H,19,20,21)(H,22,23,24)/b12-11+/t3-,4-/m0/s1. The SMILES string of the molecule is O=C(/N=N/C(=O)N[C@@H](CS(=O)(=O)O)C(=O)O)N[C@@H](CS(=O)(=O)O)C(=O)O. The number of nitrogens with one attached hydrogen (secondary N) is 2. The van der Waals surface area contributed by atoms with Gasteiger partial charge in [0.2, 0.25) is 0 Å². The van der Waals surface area contributed by atoms with Crippen molar-refractivity contribution < 1.29 is 55.3 Å². The minimum Gasteiger partial charge on any atom is -0.480 e. The fourth-order valence-corrected chi connectivity index (χ4v) is 2.51. The predicted molar refractivity (Wildman–Crippen MR) is 77.6 cm³/mol. The molecule has 0 aromatic carbocycles. The summed E-state index contributed by atoms with van der Waals surface area (Å²) in [7, 11) is -9.56. The summed E-state index contributed by atoms with van der Waals surface area (Å²) in [6.45, 7) is 0. The summed E-state index contributed by atoms with van der Waals surface area (Å²) in [4.78, 5) is 43.9. The van der Waals surface area contributed by atoms with E-state index in [2.05, 4.69) is 10.2 Å². The zero-order valence-electron chi connectivity index (χ0n) is 12.3. The van der Waals surface area contributed by atoms with Crippen LogP contribution in [0, 0.1) is 0 Å². The molecular formula is C8H12N4O12S2. The molecule has 0 aromatic heterocycles. The number of aliphatic carboxylic acids is 2. The minimum atomic E-state index is -4.78. The summed E-state index contributed by atoms with van der Waals surface area (Å²) in [6.07, 6.45) is 0.